The highest BCUT2D eigenvalue weighted by atomic mass is 19.1. The van der Waals surface area contributed by atoms with Crippen molar-refractivity contribution < 1.29 is 4.39 Å². The van der Waals surface area contributed by atoms with Crippen molar-refractivity contribution >= 4 is 0 Å². The summed E-state index contributed by atoms with van der Waals surface area (Å²) in [5, 5.41) is 8.07. The normalized spacial score (nSPS) is 11.2. The second kappa shape index (κ2) is 6.40. The molecule has 19 heavy (non-hydrogen) atoms. The first kappa shape index (κ1) is 13.6. The highest BCUT2D eigenvalue weighted by Crippen LogP contribution is 2.07. The van der Waals surface area contributed by atoms with Gasteiger partial charge in [-0.3, -0.25) is 9.58 Å². The Hall–Kier alpha value is -1.79. The van der Waals surface area contributed by atoms with Gasteiger partial charge in [-0.2, -0.15) is 0 Å². The van der Waals surface area contributed by atoms with E-state index >= 15 is 0 Å². The number of benzene rings is 1. The lowest BCUT2D eigenvalue weighted by molar-refractivity contribution is 0.315. The fourth-order valence-electron chi connectivity index (χ4n) is 1.89. The van der Waals surface area contributed by atoms with Crippen molar-refractivity contribution in [3.8, 4) is 0 Å². The number of hydrogen-bond acceptors (Lipinski definition) is 4. The maximum Gasteiger partial charge on any atom is 0.123 e. The fraction of sp³-hybridized carbons (Fsp3) is 0.385. The van der Waals surface area contributed by atoms with Crippen molar-refractivity contribution in [2.75, 3.05) is 13.6 Å². The van der Waals surface area contributed by atoms with Crippen LogP contribution >= 0.6 is 0 Å². The molecule has 6 heteroatoms. The zero-order valence-electron chi connectivity index (χ0n) is 11.0. The van der Waals surface area contributed by atoms with Crippen LogP contribution in [0.5, 0.6) is 0 Å². The van der Waals surface area contributed by atoms with Gasteiger partial charge in [0.15, 0.2) is 0 Å². The van der Waals surface area contributed by atoms with Crippen molar-refractivity contribution in [1.82, 2.24) is 19.9 Å². The van der Waals surface area contributed by atoms with Crippen molar-refractivity contribution in [2.24, 2.45) is 5.73 Å². The van der Waals surface area contributed by atoms with Gasteiger partial charge in [-0.25, -0.2) is 4.39 Å². The molecule has 0 aliphatic heterocycles. The minimum absolute atomic E-state index is 0.212. The molecule has 0 saturated carbocycles. The standard InChI is InChI=1S/C13H18FN5/c1-18(8-11-2-4-12(14)5-3-11)9-13-10-19(7-6-15)17-16-13/h2-5,10H,6-9,15H2,1H3. The monoisotopic (exact) mass is 263 g/mol. The summed E-state index contributed by atoms with van der Waals surface area (Å²) in [5.74, 6) is -0.212. The summed E-state index contributed by atoms with van der Waals surface area (Å²) in [6.07, 6.45) is 1.90. The second-order valence-electron chi connectivity index (χ2n) is 4.56. The molecule has 0 amide bonds. The van der Waals surface area contributed by atoms with Crippen molar-refractivity contribution in [3.63, 3.8) is 0 Å². The van der Waals surface area contributed by atoms with Gasteiger partial charge in [0.1, 0.15) is 5.82 Å². The van der Waals surface area contributed by atoms with E-state index < -0.39 is 0 Å². The van der Waals surface area contributed by atoms with E-state index in [1.165, 1.54) is 12.1 Å². The molecular weight excluding hydrogens is 245 g/mol. The molecule has 0 unspecified atom stereocenters. The average molecular weight is 263 g/mol. The molecule has 102 valence electrons. The first-order chi connectivity index (χ1) is 9.17. The maximum atomic E-state index is 12.8. The molecule has 2 N–H and O–H groups in total. The molecule has 2 rings (SSSR count). The summed E-state index contributed by atoms with van der Waals surface area (Å²) >= 11 is 0. The maximum absolute atomic E-state index is 12.8. The molecule has 0 aliphatic rings. The van der Waals surface area contributed by atoms with Gasteiger partial charge in [0.2, 0.25) is 0 Å². The van der Waals surface area contributed by atoms with E-state index in [0.717, 1.165) is 17.8 Å². The van der Waals surface area contributed by atoms with Gasteiger partial charge in [-0.1, -0.05) is 17.3 Å². The molecule has 2 aromatic rings. The van der Waals surface area contributed by atoms with Crippen molar-refractivity contribution in [3.05, 3.63) is 47.5 Å². The van der Waals surface area contributed by atoms with Gasteiger partial charge in [-0.05, 0) is 24.7 Å². The zero-order valence-corrected chi connectivity index (χ0v) is 11.0. The van der Waals surface area contributed by atoms with E-state index in [-0.39, 0.29) is 5.82 Å². The third kappa shape index (κ3) is 4.11. The minimum atomic E-state index is -0.212. The van der Waals surface area contributed by atoms with E-state index in [1.807, 2.05) is 13.2 Å². The van der Waals surface area contributed by atoms with Crippen LogP contribution in [-0.4, -0.2) is 33.5 Å². The second-order valence-corrected chi connectivity index (χ2v) is 4.56. The molecule has 0 radical (unpaired) electrons. The summed E-state index contributed by atoms with van der Waals surface area (Å²) in [4.78, 5) is 2.10. The Morgan fingerprint density at radius 1 is 1.26 bits per heavy atom. The molecule has 0 aliphatic carbocycles. The molecule has 0 spiro atoms. The summed E-state index contributed by atoms with van der Waals surface area (Å²) in [5.41, 5.74) is 7.42. The van der Waals surface area contributed by atoms with E-state index in [0.29, 0.717) is 19.6 Å². The first-order valence-corrected chi connectivity index (χ1v) is 6.19. The predicted molar refractivity (Wildman–Crippen MR) is 70.6 cm³/mol. The molecule has 1 heterocycles. The summed E-state index contributed by atoms with van der Waals surface area (Å²) in [6, 6.07) is 6.52. The summed E-state index contributed by atoms with van der Waals surface area (Å²) in [7, 11) is 1.99. The Morgan fingerprint density at radius 3 is 2.68 bits per heavy atom. The zero-order chi connectivity index (χ0) is 13.7. The van der Waals surface area contributed by atoms with E-state index in [2.05, 4.69) is 15.2 Å². The van der Waals surface area contributed by atoms with Gasteiger partial charge in [0.25, 0.3) is 0 Å². The number of halogens is 1. The van der Waals surface area contributed by atoms with Crippen LogP contribution in [0.15, 0.2) is 30.5 Å². The Balaban J connectivity index is 1.89. The number of nitrogens with two attached hydrogens (primary N) is 1. The topological polar surface area (TPSA) is 60.0 Å². The number of aromatic nitrogens is 3. The SMILES string of the molecule is CN(Cc1ccc(F)cc1)Cc1cn(CCN)nn1. The Morgan fingerprint density at radius 2 is 2.00 bits per heavy atom. The van der Waals surface area contributed by atoms with E-state index in [1.54, 1.807) is 16.8 Å². The molecule has 1 aromatic carbocycles. The van der Waals surface area contributed by atoms with Gasteiger partial charge in [0.05, 0.1) is 12.2 Å². The van der Waals surface area contributed by atoms with Crippen LogP contribution in [0, 0.1) is 5.82 Å². The molecular formula is C13H18FN5. The minimum Gasteiger partial charge on any atom is -0.329 e. The summed E-state index contributed by atoms with van der Waals surface area (Å²) < 4.78 is 14.5. The van der Waals surface area contributed by atoms with Gasteiger partial charge in [0, 0.05) is 25.8 Å². The molecule has 5 nitrogen and oxygen atoms in total. The van der Waals surface area contributed by atoms with Crippen LogP contribution < -0.4 is 5.73 Å². The van der Waals surface area contributed by atoms with Crippen molar-refractivity contribution in [1.29, 1.82) is 0 Å². The van der Waals surface area contributed by atoms with E-state index in [4.69, 9.17) is 5.73 Å². The van der Waals surface area contributed by atoms with Crippen LogP contribution in [0.3, 0.4) is 0 Å². The lowest BCUT2D eigenvalue weighted by Crippen LogP contribution is -2.17. The molecule has 0 atom stereocenters. The van der Waals surface area contributed by atoms with Crippen LogP contribution in [-0.2, 0) is 19.6 Å². The molecule has 1 aromatic heterocycles. The number of hydrogen-bond donors (Lipinski definition) is 1. The van der Waals surface area contributed by atoms with Crippen LogP contribution in [0.1, 0.15) is 11.3 Å². The van der Waals surface area contributed by atoms with Gasteiger partial charge in [-0.15, -0.1) is 5.10 Å². The van der Waals surface area contributed by atoms with Gasteiger partial charge >= 0.3 is 0 Å². The largest absolute Gasteiger partial charge is 0.329 e. The first-order valence-electron chi connectivity index (χ1n) is 6.19. The molecule has 0 bridgehead atoms. The molecule has 0 saturated heterocycles. The predicted octanol–water partition coefficient (Wildman–Crippen LogP) is 1.01. The fourth-order valence-corrected chi connectivity index (χ4v) is 1.89. The van der Waals surface area contributed by atoms with Crippen LogP contribution in [0.2, 0.25) is 0 Å². The van der Waals surface area contributed by atoms with Crippen molar-refractivity contribution in [2.45, 2.75) is 19.6 Å². The highest BCUT2D eigenvalue weighted by Gasteiger charge is 2.05. The number of nitrogens with zero attached hydrogens (tertiary/aromatic N) is 4. The van der Waals surface area contributed by atoms with Gasteiger partial charge < -0.3 is 5.73 Å². The number of rotatable bonds is 6. The lowest BCUT2D eigenvalue weighted by Gasteiger charge is -2.14. The average Bonchev–Trinajstić information content (AvgIpc) is 2.80. The Bertz CT molecular complexity index is 508. The quantitative estimate of drug-likeness (QED) is 0.845. The summed E-state index contributed by atoms with van der Waals surface area (Å²) in [6.45, 7) is 2.66. The lowest BCUT2D eigenvalue weighted by atomic mass is 10.2. The third-order valence-electron chi connectivity index (χ3n) is 2.74. The Kier molecular flexibility index (Phi) is 4.59. The van der Waals surface area contributed by atoms with Crippen LogP contribution in [0.4, 0.5) is 4.39 Å². The van der Waals surface area contributed by atoms with Crippen LogP contribution in [0.25, 0.3) is 0 Å². The Labute approximate surface area is 111 Å². The van der Waals surface area contributed by atoms with E-state index in [9.17, 15) is 4.39 Å². The highest BCUT2D eigenvalue weighted by molar-refractivity contribution is 5.15. The molecule has 0 fully saturated rings. The smallest absolute Gasteiger partial charge is 0.123 e. The third-order valence-corrected chi connectivity index (χ3v) is 2.74.